The molecule has 1 unspecified atom stereocenters. The lowest BCUT2D eigenvalue weighted by molar-refractivity contribution is 0.0935. The van der Waals surface area contributed by atoms with E-state index in [0.717, 1.165) is 5.56 Å². The van der Waals surface area contributed by atoms with Gasteiger partial charge in [-0.1, -0.05) is 22.8 Å². The van der Waals surface area contributed by atoms with Crippen LogP contribution in [0.15, 0.2) is 71.3 Å². The summed E-state index contributed by atoms with van der Waals surface area (Å²) in [5.74, 6) is 3.93. The van der Waals surface area contributed by atoms with Gasteiger partial charge in [0.25, 0.3) is 5.91 Å². The molecule has 13 nitrogen and oxygen atoms in total. The molecule has 51 heavy (non-hydrogen) atoms. The quantitative estimate of drug-likeness (QED) is 0.114. The molecule has 1 atom stereocenters. The number of aromatic nitrogens is 1. The number of methoxy groups -OCH3 is 6. The van der Waals surface area contributed by atoms with E-state index in [-0.39, 0.29) is 19.1 Å². The Bertz CT molecular complexity index is 2000. The maximum atomic E-state index is 12.7. The fraction of sp³-hybridized carbons (Fsp3) is 0.243. The SMILES string of the molecule is COc1cc(C2NC(=O)c3cc(Cl)ccc3N2)ccc1OCCOc1c(OC)cc(-c2cc(-c3cc(OC)c(OC)c(OC)c3)on2)cc1OC. The standard InChI is InChI=1S/C37H36ClN3O10/c1-43-29-13-20(36-39-25-9-8-23(38)18-24(25)37(42)40-36)7-10-27(29)49-11-12-50-35-32(46-4)14-21(15-33(35)47-5)26-19-28(51-41-26)22-16-30(44-2)34(48-6)31(17-22)45-3/h7-10,13-19,36,39H,11-12H2,1-6H3,(H,40,42). The van der Waals surface area contributed by atoms with Gasteiger partial charge >= 0.3 is 0 Å². The van der Waals surface area contributed by atoms with Crippen molar-refractivity contribution in [2.75, 3.05) is 61.2 Å². The molecule has 1 amide bonds. The van der Waals surface area contributed by atoms with Crippen LogP contribution in [0, 0.1) is 0 Å². The lowest BCUT2D eigenvalue weighted by atomic mass is 10.1. The van der Waals surface area contributed by atoms with Crippen LogP contribution in [0.1, 0.15) is 22.1 Å². The Balaban J connectivity index is 1.13. The third-order valence-corrected chi connectivity index (χ3v) is 8.36. The molecule has 0 spiro atoms. The molecule has 5 aromatic rings. The Morgan fingerprint density at radius 2 is 1.27 bits per heavy atom. The van der Waals surface area contributed by atoms with E-state index in [1.54, 1.807) is 89.1 Å². The molecular weight excluding hydrogens is 682 g/mol. The largest absolute Gasteiger partial charge is 0.493 e. The van der Waals surface area contributed by atoms with Gasteiger partial charge in [0.2, 0.25) is 11.5 Å². The van der Waals surface area contributed by atoms with Crippen LogP contribution in [-0.2, 0) is 0 Å². The minimum atomic E-state index is -0.473. The second kappa shape index (κ2) is 15.3. The fourth-order valence-corrected chi connectivity index (χ4v) is 5.79. The van der Waals surface area contributed by atoms with Crippen molar-refractivity contribution in [3.05, 3.63) is 82.9 Å². The topological polar surface area (TPSA) is 141 Å². The van der Waals surface area contributed by atoms with Crippen molar-refractivity contribution >= 4 is 23.2 Å². The molecule has 6 rings (SSSR count). The van der Waals surface area contributed by atoms with Crippen LogP contribution in [0.5, 0.6) is 46.0 Å². The zero-order valence-electron chi connectivity index (χ0n) is 28.8. The molecule has 0 saturated heterocycles. The molecule has 0 radical (unpaired) electrons. The zero-order chi connectivity index (χ0) is 36.1. The summed E-state index contributed by atoms with van der Waals surface area (Å²) in [4.78, 5) is 12.7. The van der Waals surface area contributed by atoms with Crippen LogP contribution < -0.4 is 48.5 Å². The van der Waals surface area contributed by atoms with Gasteiger partial charge in [0.15, 0.2) is 40.3 Å². The number of hydrogen-bond acceptors (Lipinski definition) is 12. The van der Waals surface area contributed by atoms with E-state index in [0.29, 0.717) is 84.9 Å². The van der Waals surface area contributed by atoms with Crippen molar-refractivity contribution in [3.8, 4) is 68.6 Å². The molecule has 2 N–H and O–H groups in total. The molecule has 1 aliphatic rings. The monoisotopic (exact) mass is 717 g/mol. The smallest absolute Gasteiger partial charge is 0.255 e. The number of halogens is 1. The van der Waals surface area contributed by atoms with E-state index in [4.69, 9.17) is 54.0 Å². The van der Waals surface area contributed by atoms with Gasteiger partial charge in [0.1, 0.15) is 25.1 Å². The summed E-state index contributed by atoms with van der Waals surface area (Å²) < 4.78 is 51.1. The maximum Gasteiger partial charge on any atom is 0.255 e. The highest BCUT2D eigenvalue weighted by Crippen LogP contribution is 2.44. The highest BCUT2D eigenvalue weighted by molar-refractivity contribution is 6.31. The van der Waals surface area contributed by atoms with Crippen molar-refractivity contribution < 1.29 is 47.2 Å². The number of carbonyl (C=O) groups is 1. The Hall–Kier alpha value is -5.95. The molecule has 2 heterocycles. The summed E-state index contributed by atoms with van der Waals surface area (Å²) in [5.41, 5.74) is 3.84. The van der Waals surface area contributed by atoms with Crippen molar-refractivity contribution in [3.63, 3.8) is 0 Å². The van der Waals surface area contributed by atoms with Gasteiger partial charge in [0.05, 0.1) is 48.2 Å². The van der Waals surface area contributed by atoms with Gasteiger partial charge in [-0.25, -0.2) is 0 Å². The first kappa shape index (κ1) is 34.9. The number of nitrogens with zero attached hydrogens (tertiary/aromatic N) is 1. The first-order valence-electron chi connectivity index (χ1n) is 15.6. The van der Waals surface area contributed by atoms with Crippen LogP contribution in [0.3, 0.4) is 0 Å². The highest BCUT2D eigenvalue weighted by Gasteiger charge is 2.26. The van der Waals surface area contributed by atoms with E-state index in [1.165, 1.54) is 14.2 Å². The molecule has 0 saturated carbocycles. The summed E-state index contributed by atoms with van der Waals surface area (Å²) >= 11 is 6.07. The second-order valence-electron chi connectivity index (χ2n) is 11.0. The summed E-state index contributed by atoms with van der Waals surface area (Å²) in [6.45, 7) is 0.337. The van der Waals surface area contributed by atoms with Gasteiger partial charge in [-0.2, -0.15) is 0 Å². The molecule has 0 bridgehead atoms. The summed E-state index contributed by atoms with van der Waals surface area (Å²) in [5, 5.41) is 11.0. The third kappa shape index (κ3) is 7.19. The number of anilines is 1. The maximum absolute atomic E-state index is 12.7. The predicted octanol–water partition coefficient (Wildman–Crippen LogP) is 7.03. The van der Waals surface area contributed by atoms with Crippen LogP contribution in [0.2, 0.25) is 5.02 Å². The van der Waals surface area contributed by atoms with Crippen molar-refractivity contribution in [1.29, 1.82) is 0 Å². The Labute approximate surface area is 299 Å². The van der Waals surface area contributed by atoms with Gasteiger partial charge < -0.3 is 53.1 Å². The van der Waals surface area contributed by atoms with Gasteiger partial charge in [-0.15, -0.1) is 0 Å². The van der Waals surface area contributed by atoms with Gasteiger partial charge in [0, 0.05) is 27.9 Å². The first-order chi connectivity index (χ1) is 24.8. The van der Waals surface area contributed by atoms with Crippen LogP contribution in [0.25, 0.3) is 22.6 Å². The molecule has 4 aromatic carbocycles. The number of ether oxygens (including phenoxy) is 8. The molecule has 0 aliphatic carbocycles. The highest BCUT2D eigenvalue weighted by atomic mass is 35.5. The first-order valence-corrected chi connectivity index (χ1v) is 16.0. The van der Waals surface area contributed by atoms with Crippen LogP contribution >= 0.6 is 11.6 Å². The molecule has 14 heteroatoms. The van der Waals surface area contributed by atoms with Crippen LogP contribution in [0.4, 0.5) is 5.69 Å². The number of benzene rings is 4. The van der Waals surface area contributed by atoms with E-state index in [2.05, 4.69) is 15.8 Å². The van der Waals surface area contributed by atoms with Crippen molar-refractivity contribution in [2.45, 2.75) is 6.17 Å². The fourth-order valence-electron chi connectivity index (χ4n) is 5.62. The summed E-state index contributed by atoms with van der Waals surface area (Å²) in [6, 6.07) is 19.5. The molecule has 1 aliphatic heterocycles. The number of hydrogen-bond donors (Lipinski definition) is 2. The zero-order valence-corrected chi connectivity index (χ0v) is 29.5. The van der Waals surface area contributed by atoms with Gasteiger partial charge in [-0.05, 0) is 60.2 Å². The second-order valence-corrected chi connectivity index (χ2v) is 11.5. The third-order valence-electron chi connectivity index (χ3n) is 8.13. The number of rotatable bonds is 14. The molecular formula is C37H36ClN3O10. The molecule has 0 fully saturated rings. The normalized spacial score (nSPS) is 13.3. The summed E-state index contributed by atoms with van der Waals surface area (Å²) in [7, 11) is 9.26. The lowest BCUT2D eigenvalue weighted by Gasteiger charge is -2.28. The van der Waals surface area contributed by atoms with E-state index in [9.17, 15) is 4.79 Å². The van der Waals surface area contributed by atoms with E-state index >= 15 is 0 Å². The van der Waals surface area contributed by atoms with E-state index in [1.807, 2.05) is 6.07 Å². The lowest BCUT2D eigenvalue weighted by Crippen LogP contribution is -2.38. The average Bonchev–Trinajstić information content (AvgIpc) is 3.66. The number of fused-ring (bicyclic) bond motifs is 1. The minimum Gasteiger partial charge on any atom is -0.493 e. The Kier molecular flexibility index (Phi) is 10.5. The van der Waals surface area contributed by atoms with Crippen LogP contribution in [-0.4, -0.2) is 66.9 Å². The molecule has 1 aromatic heterocycles. The predicted molar refractivity (Wildman–Crippen MR) is 189 cm³/mol. The molecule has 266 valence electrons. The Morgan fingerprint density at radius 3 is 1.92 bits per heavy atom. The Morgan fingerprint density at radius 1 is 0.647 bits per heavy atom. The van der Waals surface area contributed by atoms with E-state index < -0.39 is 6.17 Å². The van der Waals surface area contributed by atoms with Gasteiger partial charge in [-0.3, -0.25) is 4.79 Å². The number of nitrogens with one attached hydrogen (secondary N) is 2. The number of carbonyl (C=O) groups excluding carboxylic acids is 1. The summed E-state index contributed by atoms with van der Waals surface area (Å²) in [6.07, 6.45) is -0.473. The van der Waals surface area contributed by atoms with Crippen molar-refractivity contribution in [2.24, 2.45) is 0 Å². The minimum absolute atomic E-state index is 0.159. The van der Waals surface area contributed by atoms with Crippen molar-refractivity contribution in [1.82, 2.24) is 10.5 Å². The number of amides is 1. The average molecular weight is 718 g/mol.